The van der Waals surface area contributed by atoms with E-state index in [1.54, 1.807) is 0 Å². The number of carbonyl (C=O) groups excluding carboxylic acids is 3. The summed E-state index contributed by atoms with van der Waals surface area (Å²) in [6.07, 6.45) is 2.82. The molecule has 2 fully saturated rings. The summed E-state index contributed by atoms with van der Waals surface area (Å²) < 4.78 is 38.3. The van der Waals surface area contributed by atoms with E-state index < -0.39 is 80.0 Å². The number of esters is 3. The molecular weight excluding hydrogens is 684 g/mol. The second-order valence-electron chi connectivity index (χ2n) is 13.6. The van der Waals surface area contributed by atoms with Crippen molar-refractivity contribution in [2.24, 2.45) is 0 Å². The van der Waals surface area contributed by atoms with Gasteiger partial charge in [-0.05, 0) is 52.4 Å². The minimum Gasteiger partial charge on any atom is -0.466 e. The third-order valence-corrected chi connectivity index (χ3v) is 9.08. The second-order valence-corrected chi connectivity index (χ2v) is 13.6. The molecule has 2 saturated heterocycles. The molecule has 2 rings (SSSR count). The van der Waals surface area contributed by atoms with E-state index in [0.717, 1.165) is 64.7 Å². The molecule has 0 radical (unpaired) electrons. The Kier molecular flexibility index (Phi) is 22.7. The number of hydrogen-bond acceptors (Lipinski definition) is 15. The molecule has 0 saturated carbocycles. The minimum absolute atomic E-state index is 0.103. The van der Waals surface area contributed by atoms with Crippen LogP contribution in [0.3, 0.4) is 0 Å². The molecule has 2 heterocycles. The SMILES string of the molecule is CCOC(=O)CCCCCCCC/C=C\CCCCCCC(C)O[C@@H]1O[C@H](COC(C)=O)[C@@H](O)[C@H](O)[C@H]1O[C@@H]1O[C@H](COC(C)=O)[C@@H](O)[C@H](O)[C@H]1O. The quantitative estimate of drug-likeness (QED) is 0.0393. The molecule has 0 aromatic heterocycles. The van der Waals surface area contributed by atoms with Crippen molar-refractivity contribution in [2.75, 3.05) is 19.8 Å². The molecule has 2 aliphatic heterocycles. The molecule has 0 aliphatic carbocycles. The molecule has 0 aromatic carbocycles. The third kappa shape index (κ3) is 17.3. The fourth-order valence-corrected chi connectivity index (χ4v) is 6.07. The van der Waals surface area contributed by atoms with E-state index in [2.05, 4.69) is 12.2 Å². The summed E-state index contributed by atoms with van der Waals surface area (Å²) >= 11 is 0. The van der Waals surface area contributed by atoms with E-state index in [1.807, 2.05) is 13.8 Å². The average molecular weight is 749 g/mol. The van der Waals surface area contributed by atoms with Crippen molar-refractivity contribution in [3.05, 3.63) is 12.2 Å². The molecule has 52 heavy (non-hydrogen) atoms. The third-order valence-electron chi connectivity index (χ3n) is 9.08. The molecule has 0 spiro atoms. The standard InChI is InChI=1S/C37H64O15/c1-5-46-29(40)21-19-17-15-13-11-9-7-6-8-10-12-14-16-18-20-24(2)49-37-35(33(44)31(42)28(51-37)23-48-26(4)39)52-36-34(45)32(43)30(41)27(50-36)22-47-25(3)38/h6,8,24,27-28,30-37,41-45H,5,7,9-23H2,1-4H3/b8-6-/t24?,27-,28-,30-,31-,32+,33+,34-,35-,36+,37-/m1/s1. The van der Waals surface area contributed by atoms with Gasteiger partial charge in [-0.3, -0.25) is 14.4 Å². The highest BCUT2D eigenvalue weighted by atomic mass is 16.8. The van der Waals surface area contributed by atoms with Crippen LogP contribution in [0.2, 0.25) is 0 Å². The lowest BCUT2D eigenvalue weighted by atomic mass is 9.97. The Morgan fingerprint density at radius 1 is 0.635 bits per heavy atom. The summed E-state index contributed by atoms with van der Waals surface area (Å²) in [7, 11) is 0. The highest BCUT2D eigenvalue weighted by molar-refractivity contribution is 5.69. The monoisotopic (exact) mass is 748 g/mol. The first-order valence-corrected chi connectivity index (χ1v) is 18.9. The number of rotatable bonds is 25. The number of hydrogen-bond donors (Lipinski definition) is 5. The molecule has 0 amide bonds. The Morgan fingerprint density at radius 3 is 1.69 bits per heavy atom. The van der Waals surface area contributed by atoms with Gasteiger partial charge in [-0.1, -0.05) is 57.1 Å². The summed E-state index contributed by atoms with van der Waals surface area (Å²) in [5.41, 5.74) is 0. The lowest BCUT2D eigenvalue weighted by Crippen LogP contribution is -2.65. The molecule has 1 unspecified atom stereocenters. The zero-order valence-corrected chi connectivity index (χ0v) is 31.3. The zero-order chi connectivity index (χ0) is 38.5. The maximum atomic E-state index is 11.4. The Bertz CT molecular complexity index is 1040. The first-order chi connectivity index (χ1) is 24.8. The normalized spacial score (nSPS) is 29.9. The molecular formula is C37H64O15. The van der Waals surface area contributed by atoms with E-state index >= 15 is 0 Å². The van der Waals surface area contributed by atoms with Crippen LogP contribution in [0.5, 0.6) is 0 Å². The van der Waals surface area contributed by atoms with Gasteiger partial charge in [-0.25, -0.2) is 0 Å². The van der Waals surface area contributed by atoms with Crippen LogP contribution in [0.1, 0.15) is 118 Å². The van der Waals surface area contributed by atoms with Gasteiger partial charge in [-0.2, -0.15) is 0 Å². The van der Waals surface area contributed by atoms with E-state index in [4.69, 9.17) is 33.2 Å². The van der Waals surface area contributed by atoms with E-state index in [0.29, 0.717) is 19.4 Å². The van der Waals surface area contributed by atoms with Crippen LogP contribution >= 0.6 is 0 Å². The molecule has 5 N–H and O–H groups in total. The van der Waals surface area contributed by atoms with E-state index in [9.17, 15) is 39.9 Å². The van der Waals surface area contributed by atoms with Crippen molar-refractivity contribution < 1.29 is 73.1 Å². The minimum atomic E-state index is -1.77. The van der Waals surface area contributed by atoms with Crippen LogP contribution in [0.25, 0.3) is 0 Å². The number of allylic oxidation sites excluding steroid dienone is 2. The molecule has 0 bridgehead atoms. The fourth-order valence-electron chi connectivity index (χ4n) is 6.07. The smallest absolute Gasteiger partial charge is 0.305 e. The Hall–Kier alpha value is -2.21. The number of unbranched alkanes of at least 4 members (excludes halogenated alkanes) is 10. The van der Waals surface area contributed by atoms with Crippen molar-refractivity contribution in [1.29, 1.82) is 0 Å². The number of carbonyl (C=O) groups is 3. The summed E-state index contributed by atoms with van der Waals surface area (Å²) in [4.78, 5) is 34.1. The van der Waals surface area contributed by atoms with Gasteiger partial charge in [0.1, 0.15) is 62.0 Å². The lowest BCUT2D eigenvalue weighted by molar-refractivity contribution is -0.371. The summed E-state index contributed by atoms with van der Waals surface area (Å²) in [5.74, 6) is -1.36. The maximum Gasteiger partial charge on any atom is 0.305 e. The molecule has 15 nitrogen and oxygen atoms in total. The first kappa shape index (κ1) is 45.9. The van der Waals surface area contributed by atoms with Crippen LogP contribution in [-0.4, -0.2) is 131 Å². The predicted molar refractivity (Wildman–Crippen MR) is 186 cm³/mol. The van der Waals surface area contributed by atoms with Crippen molar-refractivity contribution in [2.45, 2.75) is 185 Å². The molecule has 0 aromatic rings. The lowest BCUT2D eigenvalue weighted by Gasteiger charge is -2.46. The molecule has 15 heteroatoms. The van der Waals surface area contributed by atoms with Crippen LogP contribution < -0.4 is 0 Å². The van der Waals surface area contributed by atoms with Crippen LogP contribution in [-0.2, 0) is 47.5 Å². The van der Waals surface area contributed by atoms with Gasteiger partial charge >= 0.3 is 17.9 Å². The number of aliphatic hydroxyl groups excluding tert-OH is 5. The molecule has 11 atom stereocenters. The van der Waals surface area contributed by atoms with Crippen molar-refractivity contribution in [3.63, 3.8) is 0 Å². The summed E-state index contributed by atoms with van der Waals surface area (Å²) in [6.45, 7) is 5.65. The van der Waals surface area contributed by atoms with Gasteiger partial charge in [0.05, 0.1) is 12.7 Å². The zero-order valence-electron chi connectivity index (χ0n) is 31.3. The van der Waals surface area contributed by atoms with E-state index in [1.165, 1.54) is 26.2 Å². The van der Waals surface area contributed by atoms with Gasteiger partial charge in [0, 0.05) is 20.3 Å². The summed E-state index contributed by atoms with van der Waals surface area (Å²) in [6, 6.07) is 0. The van der Waals surface area contributed by atoms with Gasteiger partial charge in [0.2, 0.25) is 0 Å². The van der Waals surface area contributed by atoms with E-state index in [-0.39, 0.29) is 18.7 Å². The predicted octanol–water partition coefficient (Wildman–Crippen LogP) is 2.74. The van der Waals surface area contributed by atoms with Crippen molar-refractivity contribution >= 4 is 17.9 Å². The van der Waals surface area contributed by atoms with Gasteiger partial charge in [0.25, 0.3) is 0 Å². The highest BCUT2D eigenvalue weighted by Crippen LogP contribution is 2.31. The van der Waals surface area contributed by atoms with Crippen LogP contribution in [0.15, 0.2) is 12.2 Å². The van der Waals surface area contributed by atoms with Gasteiger partial charge in [-0.15, -0.1) is 0 Å². The number of ether oxygens (including phenoxy) is 7. The Labute approximate surface area is 307 Å². The fraction of sp³-hybridized carbons (Fsp3) is 0.865. The largest absolute Gasteiger partial charge is 0.466 e. The molecule has 2 aliphatic rings. The molecule has 302 valence electrons. The Morgan fingerprint density at radius 2 is 1.13 bits per heavy atom. The Balaban J connectivity index is 1.78. The first-order valence-electron chi connectivity index (χ1n) is 18.9. The average Bonchev–Trinajstić information content (AvgIpc) is 3.09. The highest BCUT2D eigenvalue weighted by Gasteiger charge is 2.51. The topological polar surface area (TPSA) is 217 Å². The summed E-state index contributed by atoms with van der Waals surface area (Å²) in [5, 5.41) is 53.2. The number of aliphatic hydroxyl groups is 5. The van der Waals surface area contributed by atoms with Crippen molar-refractivity contribution in [1.82, 2.24) is 0 Å². The second kappa shape index (κ2) is 25.7. The van der Waals surface area contributed by atoms with Crippen molar-refractivity contribution in [3.8, 4) is 0 Å². The van der Waals surface area contributed by atoms with Gasteiger partial charge < -0.3 is 58.7 Å². The maximum absolute atomic E-state index is 11.4. The van der Waals surface area contributed by atoms with Gasteiger partial charge in [0.15, 0.2) is 12.6 Å². The van der Waals surface area contributed by atoms with Crippen LogP contribution in [0.4, 0.5) is 0 Å². The van der Waals surface area contributed by atoms with Crippen LogP contribution in [0, 0.1) is 0 Å².